The van der Waals surface area contributed by atoms with Gasteiger partial charge in [0.15, 0.2) is 0 Å². The second-order valence-corrected chi connectivity index (χ2v) is 7.89. The topological polar surface area (TPSA) is 66.5 Å². The summed E-state index contributed by atoms with van der Waals surface area (Å²) in [5, 5.41) is 0. The van der Waals surface area contributed by atoms with Crippen LogP contribution in [0.1, 0.15) is 30.9 Å². The predicted molar refractivity (Wildman–Crippen MR) is 86.1 cm³/mol. The van der Waals surface area contributed by atoms with Gasteiger partial charge in [0.25, 0.3) is 0 Å². The van der Waals surface area contributed by atoms with Crippen molar-refractivity contribution in [1.82, 2.24) is 9.62 Å². The van der Waals surface area contributed by atoms with Gasteiger partial charge in [-0.2, -0.15) is 0 Å². The summed E-state index contributed by atoms with van der Waals surface area (Å²) in [6.45, 7) is 7.10. The van der Waals surface area contributed by atoms with E-state index >= 15 is 0 Å². The van der Waals surface area contributed by atoms with Crippen LogP contribution in [0, 0.1) is 19.8 Å². The van der Waals surface area contributed by atoms with E-state index in [1.807, 2.05) is 13.0 Å². The van der Waals surface area contributed by atoms with Crippen LogP contribution in [0.5, 0.6) is 0 Å². The smallest absolute Gasteiger partial charge is 0.241 e. The van der Waals surface area contributed by atoms with E-state index in [0.29, 0.717) is 24.6 Å². The molecule has 0 bridgehead atoms. The molecule has 5 nitrogen and oxygen atoms in total. The van der Waals surface area contributed by atoms with E-state index in [1.165, 1.54) is 0 Å². The van der Waals surface area contributed by atoms with Gasteiger partial charge in [-0.1, -0.05) is 24.6 Å². The molecule has 0 aromatic heterocycles. The van der Waals surface area contributed by atoms with Crippen LogP contribution in [-0.2, 0) is 14.8 Å². The van der Waals surface area contributed by atoms with E-state index in [4.69, 9.17) is 0 Å². The first-order valence-corrected chi connectivity index (χ1v) is 9.12. The number of piperidine rings is 1. The molecule has 122 valence electrons. The van der Waals surface area contributed by atoms with Gasteiger partial charge in [-0.15, -0.1) is 0 Å². The van der Waals surface area contributed by atoms with Crippen molar-refractivity contribution in [3.8, 4) is 0 Å². The van der Waals surface area contributed by atoms with Gasteiger partial charge in [0.1, 0.15) is 0 Å². The number of hydrogen-bond acceptors (Lipinski definition) is 3. The van der Waals surface area contributed by atoms with Crippen LogP contribution in [0.15, 0.2) is 23.1 Å². The lowest BCUT2D eigenvalue weighted by Gasteiger charge is -2.30. The van der Waals surface area contributed by atoms with Crippen molar-refractivity contribution in [1.29, 1.82) is 0 Å². The lowest BCUT2D eigenvalue weighted by Crippen LogP contribution is -2.43. The number of amides is 1. The van der Waals surface area contributed by atoms with Crippen molar-refractivity contribution in [2.45, 2.75) is 38.5 Å². The third kappa shape index (κ3) is 4.08. The van der Waals surface area contributed by atoms with Crippen LogP contribution < -0.4 is 4.72 Å². The fraction of sp³-hybridized carbons (Fsp3) is 0.562. The van der Waals surface area contributed by atoms with Crippen molar-refractivity contribution in [3.05, 3.63) is 29.3 Å². The van der Waals surface area contributed by atoms with E-state index in [1.54, 1.807) is 24.0 Å². The maximum Gasteiger partial charge on any atom is 0.241 e. The minimum Gasteiger partial charge on any atom is -0.342 e. The molecule has 0 radical (unpaired) electrons. The molecule has 22 heavy (non-hydrogen) atoms. The first kappa shape index (κ1) is 17.0. The van der Waals surface area contributed by atoms with Gasteiger partial charge in [0.05, 0.1) is 11.4 Å². The van der Waals surface area contributed by atoms with E-state index < -0.39 is 10.0 Å². The van der Waals surface area contributed by atoms with Crippen molar-refractivity contribution in [2.24, 2.45) is 5.92 Å². The normalized spacial score (nSPS) is 16.8. The summed E-state index contributed by atoms with van der Waals surface area (Å²) in [4.78, 5) is 14.1. The Balaban J connectivity index is 1.99. The lowest BCUT2D eigenvalue weighted by atomic mass is 9.99. The van der Waals surface area contributed by atoms with Crippen molar-refractivity contribution < 1.29 is 13.2 Å². The molecule has 1 aromatic rings. The van der Waals surface area contributed by atoms with Gasteiger partial charge in [-0.3, -0.25) is 4.79 Å². The van der Waals surface area contributed by atoms with E-state index in [2.05, 4.69) is 11.6 Å². The van der Waals surface area contributed by atoms with Crippen LogP contribution in [0.25, 0.3) is 0 Å². The summed E-state index contributed by atoms with van der Waals surface area (Å²) in [5.41, 5.74) is 1.70. The summed E-state index contributed by atoms with van der Waals surface area (Å²) < 4.78 is 27.1. The Morgan fingerprint density at radius 3 is 2.50 bits per heavy atom. The van der Waals surface area contributed by atoms with Crippen LogP contribution in [0.4, 0.5) is 0 Å². The summed E-state index contributed by atoms with van der Waals surface area (Å²) >= 11 is 0. The molecule has 0 saturated carbocycles. The number of nitrogens with zero attached hydrogens (tertiary/aromatic N) is 1. The highest BCUT2D eigenvalue weighted by molar-refractivity contribution is 7.89. The second-order valence-electron chi connectivity index (χ2n) is 6.16. The standard InChI is InChI=1S/C16H24N2O3S/c1-12-6-8-18(9-7-12)16(19)11-17-22(20,21)15-5-4-13(2)10-14(15)3/h4-5,10,12,17H,6-9,11H2,1-3H3. The number of nitrogens with one attached hydrogen (secondary N) is 1. The number of rotatable bonds is 4. The van der Waals surface area contributed by atoms with E-state index in [0.717, 1.165) is 18.4 Å². The second kappa shape index (κ2) is 6.79. The SMILES string of the molecule is Cc1ccc(S(=O)(=O)NCC(=O)N2CCC(C)CC2)c(C)c1. The Morgan fingerprint density at radius 1 is 1.27 bits per heavy atom. The van der Waals surface area contributed by atoms with Gasteiger partial charge in [-0.05, 0) is 44.2 Å². The van der Waals surface area contributed by atoms with Gasteiger partial charge in [0.2, 0.25) is 15.9 Å². The summed E-state index contributed by atoms with van der Waals surface area (Å²) in [7, 11) is -3.65. The third-order valence-electron chi connectivity index (χ3n) is 4.17. The first-order chi connectivity index (χ1) is 10.3. The number of benzene rings is 1. The van der Waals surface area contributed by atoms with Crippen molar-refractivity contribution >= 4 is 15.9 Å². The molecule has 1 heterocycles. The van der Waals surface area contributed by atoms with Crippen molar-refractivity contribution in [2.75, 3.05) is 19.6 Å². The zero-order valence-electron chi connectivity index (χ0n) is 13.4. The van der Waals surface area contributed by atoms with Crippen molar-refractivity contribution in [3.63, 3.8) is 0 Å². The molecule has 1 saturated heterocycles. The minimum atomic E-state index is -3.65. The number of aryl methyl sites for hydroxylation is 2. The fourth-order valence-corrected chi connectivity index (χ4v) is 3.90. The number of likely N-dealkylation sites (tertiary alicyclic amines) is 1. The Hall–Kier alpha value is -1.40. The lowest BCUT2D eigenvalue weighted by molar-refractivity contribution is -0.131. The predicted octanol–water partition coefficient (Wildman–Crippen LogP) is 1.84. The molecule has 2 rings (SSSR count). The molecular formula is C16H24N2O3S. The van der Waals surface area contributed by atoms with E-state index in [-0.39, 0.29) is 17.3 Å². The van der Waals surface area contributed by atoms with Gasteiger partial charge in [-0.25, -0.2) is 13.1 Å². The number of carbonyl (C=O) groups is 1. The summed E-state index contributed by atoms with van der Waals surface area (Å²) in [6, 6.07) is 5.16. The van der Waals surface area contributed by atoms with Gasteiger partial charge >= 0.3 is 0 Å². The number of sulfonamides is 1. The number of hydrogen-bond donors (Lipinski definition) is 1. The molecule has 0 spiro atoms. The summed E-state index contributed by atoms with van der Waals surface area (Å²) in [5.74, 6) is 0.483. The molecule has 0 unspecified atom stereocenters. The average molecular weight is 324 g/mol. The van der Waals surface area contributed by atoms with Crippen LogP contribution >= 0.6 is 0 Å². The van der Waals surface area contributed by atoms with Gasteiger partial charge < -0.3 is 4.90 Å². The molecule has 0 aliphatic carbocycles. The van der Waals surface area contributed by atoms with Crippen LogP contribution in [0.2, 0.25) is 0 Å². The Bertz CT molecular complexity index is 647. The molecule has 0 atom stereocenters. The highest BCUT2D eigenvalue weighted by Gasteiger charge is 2.23. The van der Waals surface area contributed by atoms with Gasteiger partial charge in [0, 0.05) is 13.1 Å². The molecule has 1 aliphatic heterocycles. The van der Waals surface area contributed by atoms with E-state index in [9.17, 15) is 13.2 Å². The zero-order valence-corrected chi connectivity index (χ0v) is 14.2. The minimum absolute atomic E-state index is 0.153. The Kier molecular flexibility index (Phi) is 5.24. The molecule has 1 aliphatic rings. The average Bonchev–Trinajstić information content (AvgIpc) is 2.45. The quantitative estimate of drug-likeness (QED) is 0.919. The largest absolute Gasteiger partial charge is 0.342 e. The van der Waals surface area contributed by atoms with Crippen LogP contribution in [0.3, 0.4) is 0 Å². The first-order valence-electron chi connectivity index (χ1n) is 7.64. The molecule has 1 amide bonds. The molecule has 6 heteroatoms. The zero-order chi connectivity index (χ0) is 16.3. The molecule has 1 aromatic carbocycles. The third-order valence-corrected chi connectivity index (χ3v) is 5.73. The maximum absolute atomic E-state index is 12.3. The Morgan fingerprint density at radius 2 is 1.91 bits per heavy atom. The molecule has 1 fully saturated rings. The maximum atomic E-state index is 12.3. The summed E-state index contributed by atoms with van der Waals surface area (Å²) in [6.07, 6.45) is 1.96. The molecule has 1 N–H and O–H groups in total. The molecular weight excluding hydrogens is 300 g/mol. The highest BCUT2D eigenvalue weighted by Crippen LogP contribution is 2.17. The fourth-order valence-electron chi connectivity index (χ4n) is 2.71. The highest BCUT2D eigenvalue weighted by atomic mass is 32.2. The monoisotopic (exact) mass is 324 g/mol. The van der Waals surface area contributed by atoms with Crippen LogP contribution in [-0.4, -0.2) is 38.9 Å². The Labute approximate surface area is 132 Å². The number of carbonyl (C=O) groups excluding carboxylic acids is 1.